The van der Waals surface area contributed by atoms with Crippen molar-refractivity contribution in [1.82, 2.24) is 9.78 Å². The average molecular weight is 315 g/mol. The minimum atomic E-state index is -4.24. The molecule has 0 atom stereocenters. The third-order valence-corrected chi connectivity index (χ3v) is 4.07. The number of carboxylic acids is 1. The lowest BCUT2D eigenvalue weighted by molar-refractivity contribution is 0.0692. The first-order valence-electron chi connectivity index (χ1n) is 5.70. The molecule has 0 amide bonds. The zero-order chi connectivity index (χ0) is 14.9. The average Bonchev–Trinajstić information content (AvgIpc) is 2.83. The smallest absolute Gasteiger partial charge is 0.340 e. The fourth-order valence-corrected chi connectivity index (χ4v) is 2.98. The van der Waals surface area contributed by atoms with Gasteiger partial charge in [0.25, 0.3) is 9.05 Å². The van der Waals surface area contributed by atoms with Crippen molar-refractivity contribution in [3.63, 3.8) is 0 Å². The summed E-state index contributed by atoms with van der Waals surface area (Å²) in [6.07, 6.45) is 1.80. The van der Waals surface area contributed by atoms with Crippen molar-refractivity contribution in [2.45, 2.75) is 18.4 Å². The molecule has 1 aromatic heterocycles. The van der Waals surface area contributed by atoms with E-state index in [1.807, 2.05) is 19.1 Å². The van der Waals surface area contributed by atoms with Crippen molar-refractivity contribution in [3.05, 3.63) is 41.6 Å². The molecule has 0 bridgehead atoms. The first kappa shape index (κ1) is 14.5. The zero-order valence-electron chi connectivity index (χ0n) is 10.4. The van der Waals surface area contributed by atoms with Gasteiger partial charge in [-0.2, -0.15) is 5.10 Å². The van der Waals surface area contributed by atoms with Crippen molar-refractivity contribution in [2.75, 3.05) is 0 Å². The highest BCUT2D eigenvalue weighted by molar-refractivity contribution is 8.13. The van der Waals surface area contributed by atoms with Crippen molar-refractivity contribution in [3.8, 4) is 5.69 Å². The summed E-state index contributed by atoms with van der Waals surface area (Å²) < 4.78 is 24.2. The first-order valence-corrected chi connectivity index (χ1v) is 8.00. The van der Waals surface area contributed by atoms with Gasteiger partial charge in [0, 0.05) is 10.7 Å². The summed E-state index contributed by atoms with van der Waals surface area (Å²) in [6.45, 7) is 1.99. The maximum atomic E-state index is 11.6. The van der Waals surface area contributed by atoms with Crippen molar-refractivity contribution < 1.29 is 18.3 Å². The van der Waals surface area contributed by atoms with Crippen molar-refractivity contribution >= 4 is 25.7 Å². The van der Waals surface area contributed by atoms with Crippen LogP contribution < -0.4 is 0 Å². The van der Waals surface area contributed by atoms with Gasteiger partial charge in [-0.3, -0.25) is 0 Å². The Labute approximate surface area is 120 Å². The van der Waals surface area contributed by atoms with Gasteiger partial charge in [0.05, 0.1) is 11.9 Å². The second-order valence-corrected chi connectivity index (χ2v) is 6.52. The number of hydrogen-bond donors (Lipinski definition) is 1. The molecule has 1 aromatic carbocycles. The number of carbonyl (C=O) groups is 1. The van der Waals surface area contributed by atoms with E-state index in [1.165, 1.54) is 0 Å². The molecule has 106 valence electrons. The number of carboxylic acid groups (broad SMARTS) is 1. The number of aromatic carboxylic acids is 1. The molecule has 6 nitrogen and oxygen atoms in total. The van der Waals surface area contributed by atoms with Gasteiger partial charge in [-0.1, -0.05) is 19.1 Å². The van der Waals surface area contributed by atoms with E-state index in [0.717, 1.165) is 22.9 Å². The molecular weight excluding hydrogens is 304 g/mol. The topological polar surface area (TPSA) is 89.3 Å². The van der Waals surface area contributed by atoms with Crippen LogP contribution in [0.4, 0.5) is 0 Å². The minimum Gasteiger partial charge on any atom is -0.478 e. The third kappa shape index (κ3) is 2.68. The van der Waals surface area contributed by atoms with E-state index in [4.69, 9.17) is 15.8 Å². The summed E-state index contributed by atoms with van der Waals surface area (Å²) in [6, 6.07) is 6.93. The number of rotatable bonds is 4. The lowest BCUT2D eigenvalue weighted by atomic mass is 10.1. The van der Waals surface area contributed by atoms with E-state index < -0.39 is 25.6 Å². The van der Waals surface area contributed by atoms with Crippen molar-refractivity contribution in [1.29, 1.82) is 0 Å². The van der Waals surface area contributed by atoms with Gasteiger partial charge in [-0.25, -0.2) is 17.9 Å². The Balaban J connectivity index is 2.65. The number of benzene rings is 1. The Morgan fingerprint density at radius 3 is 2.40 bits per heavy atom. The summed E-state index contributed by atoms with van der Waals surface area (Å²) in [4.78, 5) is 11.0. The molecule has 20 heavy (non-hydrogen) atoms. The Bertz CT molecular complexity index is 750. The maximum absolute atomic E-state index is 11.6. The molecule has 0 aliphatic rings. The van der Waals surface area contributed by atoms with E-state index in [2.05, 4.69) is 5.10 Å². The third-order valence-electron chi connectivity index (χ3n) is 2.78. The van der Waals surface area contributed by atoms with Crippen LogP contribution in [-0.4, -0.2) is 29.3 Å². The van der Waals surface area contributed by atoms with Gasteiger partial charge < -0.3 is 5.11 Å². The predicted octanol–water partition coefficient (Wildman–Crippen LogP) is 2.06. The van der Waals surface area contributed by atoms with Crippen LogP contribution in [0.25, 0.3) is 5.69 Å². The molecule has 0 unspecified atom stereocenters. The normalized spacial score (nSPS) is 11.5. The molecule has 0 aliphatic carbocycles. The van der Waals surface area contributed by atoms with Gasteiger partial charge in [0.1, 0.15) is 5.56 Å². The second kappa shape index (κ2) is 5.26. The molecule has 0 aliphatic heterocycles. The Kier molecular flexibility index (Phi) is 3.82. The SMILES string of the molecule is CCc1ccc(-n2ncc(C(=O)O)c2S(=O)(=O)Cl)cc1. The lowest BCUT2D eigenvalue weighted by Gasteiger charge is -2.06. The van der Waals surface area contributed by atoms with Crippen LogP contribution in [0.5, 0.6) is 0 Å². The van der Waals surface area contributed by atoms with Crippen LogP contribution in [-0.2, 0) is 15.5 Å². The molecule has 0 saturated heterocycles. The number of aryl methyl sites for hydroxylation is 1. The summed E-state index contributed by atoms with van der Waals surface area (Å²) in [5.41, 5.74) is 1.03. The van der Waals surface area contributed by atoms with E-state index in [0.29, 0.717) is 5.69 Å². The quantitative estimate of drug-likeness (QED) is 0.872. The van der Waals surface area contributed by atoms with Crippen LogP contribution in [0.1, 0.15) is 22.8 Å². The van der Waals surface area contributed by atoms with Crippen LogP contribution in [0.3, 0.4) is 0 Å². The summed E-state index contributed by atoms with van der Waals surface area (Å²) in [5.74, 6) is -1.40. The maximum Gasteiger partial charge on any atom is 0.340 e. The van der Waals surface area contributed by atoms with Crippen molar-refractivity contribution in [2.24, 2.45) is 0 Å². The van der Waals surface area contributed by atoms with E-state index in [-0.39, 0.29) is 0 Å². The van der Waals surface area contributed by atoms with Gasteiger partial charge >= 0.3 is 5.97 Å². The first-order chi connectivity index (χ1) is 9.34. The molecule has 0 spiro atoms. The van der Waals surface area contributed by atoms with Crippen LogP contribution in [0.2, 0.25) is 0 Å². The van der Waals surface area contributed by atoms with Crippen LogP contribution in [0.15, 0.2) is 35.5 Å². The number of nitrogens with zero attached hydrogens (tertiary/aromatic N) is 2. The van der Waals surface area contributed by atoms with Gasteiger partial charge in [-0.15, -0.1) is 0 Å². The van der Waals surface area contributed by atoms with Gasteiger partial charge in [0.2, 0.25) is 0 Å². The van der Waals surface area contributed by atoms with Gasteiger partial charge in [0.15, 0.2) is 5.03 Å². The fraction of sp³-hybridized carbons (Fsp3) is 0.167. The number of halogens is 1. The molecule has 2 aromatic rings. The molecule has 8 heteroatoms. The predicted molar refractivity (Wildman–Crippen MR) is 72.9 cm³/mol. The van der Waals surface area contributed by atoms with E-state index in [9.17, 15) is 13.2 Å². The molecule has 0 radical (unpaired) electrons. The summed E-state index contributed by atoms with van der Waals surface area (Å²) in [5, 5.41) is 12.3. The summed E-state index contributed by atoms with van der Waals surface area (Å²) >= 11 is 0. The molecule has 1 heterocycles. The molecule has 1 N–H and O–H groups in total. The van der Waals surface area contributed by atoms with Gasteiger partial charge in [-0.05, 0) is 24.1 Å². The monoisotopic (exact) mass is 314 g/mol. The number of aromatic nitrogens is 2. The van der Waals surface area contributed by atoms with Crippen LogP contribution >= 0.6 is 10.7 Å². The second-order valence-electron chi connectivity index (χ2n) is 4.04. The Morgan fingerprint density at radius 1 is 1.35 bits per heavy atom. The zero-order valence-corrected chi connectivity index (χ0v) is 12.0. The van der Waals surface area contributed by atoms with E-state index in [1.54, 1.807) is 12.1 Å². The fourth-order valence-electron chi connectivity index (χ4n) is 1.78. The lowest BCUT2D eigenvalue weighted by Crippen LogP contribution is -2.09. The Hall–Kier alpha value is -1.86. The Morgan fingerprint density at radius 2 is 1.95 bits per heavy atom. The number of hydrogen-bond acceptors (Lipinski definition) is 4. The summed E-state index contributed by atoms with van der Waals surface area (Å²) in [7, 11) is 1.07. The molecule has 0 fully saturated rings. The highest BCUT2D eigenvalue weighted by Gasteiger charge is 2.27. The van der Waals surface area contributed by atoms with Crippen LogP contribution in [0, 0.1) is 0 Å². The molecular formula is C12H11ClN2O4S. The highest BCUT2D eigenvalue weighted by atomic mass is 35.7. The highest BCUT2D eigenvalue weighted by Crippen LogP contribution is 2.23. The standard InChI is InChI=1S/C12H11ClN2O4S/c1-2-8-3-5-9(6-4-8)15-11(20(13,18)19)10(7-14-15)12(16)17/h3-7H,2H2,1H3,(H,16,17). The largest absolute Gasteiger partial charge is 0.478 e. The minimum absolute atomic E-state index is 0.425. The molecule has 2 rings (SSSR count). The molecule has 0 saturated carbocycles. The van der Waals surface area contributed by atoms with E-state index >= 15 is 0 Å².